The first kappa shape index (κ1) is 18.4. The lowest BCUT2D eigenvalue weighted by Gasteiger charge is -2.09. The average molecular weight is 365 g/mol. The second-order valence-electron chi connectivity index (χ2n) is 5.95. The smallest absolute Gasteiger partial charge is 0.257 e. The minimum atomic E-state index is -0.244. The summed E-state index contributed by atoms with van der Waals surface area (Å²) in [5.74, 6) is 0.239. The summed E-state index contributed by atoms with van der Waals surface area (Å²) in [7, 11) is 1.59. The number of amides is 1. The number of carbonyl (C=O) groups is 1. The highest BCUT2D eigenvalue weighted by Crippen LogP contribution is 2.16. The van der Waals surface area contributed by atoms with Gasteiger partial charge in [-0.25, -0.2) is 4.39 Å². The molecule has 3 aromatic rings. The highest BCUT2D eigenvalue weighted by molar-refractivity contribution is 6.04. The van der Waals surface area contributed by atoms with E-state index in [2.05, 4.69) is 15.6 Å². The number of pyridine rings is 1. The van der Waals surface area contributed by atoms with Crippen molar-refractivity contribution in [1.82, 2.24) is 4.98 Å². The van der Waals surface area contributed by atoms with Crippen LogP contribution in [-0.2, 0) is 6.42 Å². The van der Waals surface area contributed by atoms with E-state index in [0.717, 1.165) is 23.4 Å². The van der Waals surface area contributed by atoms with Crippen LogP contribution in [0.15, 0.2) is 67.0 Å². The second kappa shape index (κ2) is 8.80. The van der Waals surface area contributed by atoms with Gasteiger partial charge in [0.15, 0.2) is 0 Å². The quantitative estimate of drug-likeness (QED) is 0.661. The first-order chi connectivity index (χ1) is 13.1. The molecule has 1 aromatic heterocycles. The molecule has 0 aliphatic heterocycles. The lowest BCUT2D eigenvalue weighted by molar-refractivity contribution is 0.102. The number of hydrogen-bond acceptors (Lipinski definition) is 4. The molecule has 1 amide bonds. The van der Waals surface area contributed by atoms with Crippen molar-refractivity contribution in [1.29, 1.82) is 0 Å². The van der Waals surface area contributed by atoms with Crippen LogP contribution in [0.5, 0.6) is 5.75 Å². The van der Waals surface area contributed by atoms with Gasteiger partial charge in [-0.3, -0.25) is 9.78 Å². The summed E-state index contributed by atoms with van der Waals surface area (Å²) < 4.78 is 18.0. The minimum absolute atomic E-state index is 0.241. The second-order valence-corrected chi connectivity index (χ2v) is 5.95. The maximum atomic E-state index is 12.9. The number of nitrogens with zero attached hydrogens (tertiary/aromatic N) is 1. The highest BCUT2D eigenvalue weighted by Gasteiger charge is 2.08. The third-order valence-electron chi connectivity index (χ3n) is 4.00. The van der Waals surface area contributed by atoms with Crippen LogP contribution in [0.2, 0.25) is 0 Å². The standard InChI is InChI=1S/C21H20FN3O2/c1-27-20-8-6-18(7-9-20)25-21(26)16-12-19(14-23-13-16)24-11-10-15-2-4-17(22)5-3-15/h2-9,12-14,24H,10-11H2,1H3,(H,25,26). The molecular weight excluding hydrogens is 345 g/mol. The van der Waals surface area contributed by atoms with Crippen LogP contribution in [0.4, 0.5) is 15.8 Å². The topological polar surface area (TPSA) is 63.2 Å². The van der Waals surface area contributed by atoms with Crippen LogP contribution in [0, 0.1) is 5.82 Å². The van der Waals surface area contributed by atoms with Crippen LogP contribution < -0.4 is 15.4 Å². The van der Waals surface area contributed by atoms with Crippen molar-refractivity contribution in [2.45, 2.75) is 6.42 Å². The molecule has 0 atom stereocenters. The molecule has 0 unspecified atom stereocenters. The van der Waals surface area contributed by atoms with Crippen LogP contribution >= 0.6 is 0 Å². The van der Waals surface area contributed by atoms with Crippen molar-refractivity contribution in [2.75, 3.05) is 24.3 Å². The van der Waals surface area contributed by atoms with Gasteiger partial charge in [-0.1, -0.05) is 12.1 Å². The summed E-state index contributed by atoms with van der Waals surface area (Å²) in [5.41, 5.74) is 2.91. The lowest BCUT2D eigenvalue weighted by Crippen LogP contribution is -2.13. The van der Waals surface area contributed by atoms with E-state index in [0.29, 0.717) is 17.8 Å². The minimum Gasteiger partial charge on any atom is -0.497 e. The van der Waals surface area contributed by atoms with Gasteiger partial charge < -0.3 is 15.4 Å². The Kier molecular flexibility index (Phi) is 5.99. The number of rotatable bonds is 7. The SMILES string of the molecule is COc1ccc(NC(=O)c2cncc(NCCc3ccc(F)cc3)c2)cc1. The van der Waals surface area contributed by atoms with Crippen molar-refractivity contribution in [3.8, 4) is 5.75 Å². The maximum absolute atomic E-state index is 12.9. The van der Waals surface area contributed by atoms with Crippen LogP contribution in [0.3, 0.4) is 0 Å². The molecule has 3 rings (SSSR count). The molecule has 0 spiro atoms. The van der Waals surface area contributed by atoms with Gasteiger partial charge >= 0.3 is 0 Å². The molecule has 2 aromatic carbocycles. The molecule has 0 radical (unpaired) electrons. The molecular formula is C21H20FN3O2. The Bertz CT molecular complexity index is 896. The van der Waals surface area contributed by atoms with Crippen molar-refractivity contribution in [2.24, 2.45) is 0 Å². The molecule has 0 saturated carbocycles. The average Bonchev–Trinajstić information content (AvgIpc) is 2.70. The largest absolute Gasteiger partial charge is 0.497 e. The summed E-state index contributed by atoms with van der Waals surface area (Å²) in [4.78, 5) is 16.5. The van der Waals surface area contributed by atoms with Crippen molar-refractivity contribution >= 4 is 17.3 Å². The van der Waals surface area contributed by atoms with Crippen molar-refractivity contribution in [3.05, 3.63) is 83.9 Å². The van der Waals surface area contributed by atoms with Gasteiger partial charge in [0, 0.05) is 24.6 Å². The molecule has 0 fully saturated rings. The Hall–Kier alpha value is -3.41. The lowest BCUT2D eigenvalue weighted by atomic mass is 10.1. The summed E-state index contributed by atoms with van der Waals surface area (Å²) in [5, 5.41) is 6.06. The number of hydrogen-bond donors (Lipinski definition) is 2. The Balaban J connectivity index is 1.57. The molecule has 0 aliphatic carbocycles. The molecule has 2 N–H and O–H groups in total. The predicted molar refractivity (Wildman–Crippen MR) is 104 cm³/mol. The number of benzene rings is 2. The summed E-state index contributed by atoms with van der Waals surface area (Å²) in [6.07, 6.45) is 3.92. The monoisotopic (exact) mass is 365 g/mol. The van der Waals surface area contributed by atoms with E-state index in [4.69, 9.17) is 4.74 Å². The molecule has 5 nitrogen and oxygen atoms in total. The summed E-state index contributed by atoms with van der Waals surface area (Å²) in [6.45, 7) is 0.650. The van der Waals surface area contributed by atoms with Crippen LogP contribution in [0.25, 0.3) is 0 Å². The highest BCUT2D eigenvalue weighted by atomic mass is 19.1. The fraction of sp³-hybridized carbons (Fsp3) is 0.143. The molecule has 138 valence electrons. The summed E-state index contributed by atoms with van der Waals surface area (Å²) in [6, 6.07) is 15.3. The molecule has 6 heteroatoms. The van der Waals surface area contributed by atoms with E-state index in [-0.39, 0.29) is 11.7 Å². The zero-order valence-corrected chi connectivity index (χ0v) is 14.9. The van der Waals surface area contributed by atoms with Crippen molar-refractivity contribution < 1.29 is 13.9 Å². The van der Waals surface area contributed by atoms with E-state index in [1.807, 2.05) is 0 Å². The Morgan fingerprint density at radius 1 is 1.04 bits per heavy atom. The van der Waals surface area contributed by atoms with Gasteiger partial charge in [0.05, 0.1) is 18.4 Å². The summed E-state index contributed by atoms with van der Waals surface area (Å²) >= 11 is 0. The Morgan fingerprint density at radius 2 is 1.78 bits per heavy atom. The van der Waals surface area contributed by atoms with Gasteiger partial charge in [-0.2, -0.15) is 0 Å². The number of carbonyl (C=O) groups excluding carboxylic acids is 1. The number of anilines is 2. The van der Waals surface area contributed by atoms with Gasteiger partial charge in [0.25, 0.3) is 5.91 Å². The first-order valence-electron chi connectivity index (χ1n) is 8.53. The third-order valence-corrected chi connectivity index (χ3v) is 4.00. The van der Waals surface area contributed by atoms with E-state index in [1.165, 1.54) is 18.3 Å². The molecule has 1 heterocycles. The number of nitrogens with one attached hydrogen (secondary N) is 2. The third kappa shape index (κ3) is 5.28. The first-order valence-corrected chi connectivity index (χ1v) is 8.53. The predicted octanol–water partition coefficient (Wildman–Crippen LogP) is 4.14. The van der Waals surface area contributed by atoms with Crippen LogP contribution in [0.1, 0.15) is 15.9 Å². The fourth-order valence-corrected chi connectivity index (χ4v) is 2.54. The normalized spacial score (nSPS) is 10.3. The van der Waals surface area contributed by atoms with Gasteiger partial charge in [-0.05, 0) is 54.4 Å². The Labute approximate surface area is 157 Å². The number of halogens is 1. The fourth-order valence-electron chi connectivity index (χ4n) is 2.54. The van der Waals surface area contributed by atoms with Crippen LogP contribution in [-0.4, -0.2) is 24.5 Å². The number of ether oxygens (including phenoxy) is 1. The van der Waals surface area contributed by atoms with E-state index in [9.17, 15) is 9.18 Å². The van der Waals surface area contributed by atoms with Gasteiger partial charge in [-0.15, -0.1) is 0 Å². The Morgan fingerprint density at radius 3 is 2.48 bits per heavy atom. The van der Waals surface area contributed by atoms with Gasteiger partial charge in [0.1, 0.15) is 11.6 Å². The molecule has 0 aliphatic rings. The van der Waals surface area contributed by atoms with Crippen molar-refractivity contribution in [3.63, 3.8) is 0 Å². The van der Waals surface area contributed by atoms with E-state index in [1.54, 1.807) is 55.8 Å². The van der Waals surface area contributed by atoms with Gasteiger partial charge in [0.2, 0.25) is 0 Å². The maximum Gasteiger partial charge on any atom is 0.257 e. The zero-order chi connectivity index (χ0) is 19.1. The molecule has 0 saturated heterocycles. The van der Waals surface area contributed by atoms with E-state index < -0.39 is 0 Å². The zero-order valence-electron chi connectivity index (χ0n) is 14.9. The number of methoxy groups -OCH3 is 1. The van der Waals surface area contributed by atoms with E-state index >= 15 is 0 Å². The number of aromatic nitrogens is 1. The molecule has 0 bridgehead atoms. The molecule has 27 heavy (non-hydrogen) atoms.